The van der Waals surface area contributed by atoms with E-state index in [1.165, 1.54) is 11.6 Å². The summed E-state index contributed by atoms with van der Waals surface area (Å²) in [5.41, 5.74) is 1.50. The van der Waals surface area contributed by atoms with Crippen LogP contribution in [0.3, 0.4) is 0 Å². The Hall–Kier alpha value is -2.64. The fraction of sp³-hybridized carbons (Fsp3) is 0.636. The molecule has 11 nitrogen and oxygen atoms in total. The van der Waals surface area contributed by atoms with Crippen LogP contribution in [0.2, 0.25) is 0 Å². The zero-order chi connectivity index (χ0) is 31.8. The van der Waals surface area contributed by atoms with Gasteiger partial charge in [-0.2, -0.15) is 0 Å². The number of ether oxygens (including phenoxy) is 5. The third-order valence-corrected chi connectivity index (χ3v) is 9.60. The number of esters is 1. The first-order valence-electron chi connectivity index (χ1n) is 15.3. The summed E-state index contributed by atoms with van der Waals surface area (Å²) >= 11 is 0. The Morgan fingerprint density at radius 2 is 2.02 bits per heavy atom. The van der Waals surface area contributed by atoms with Gasteiger partial charge in [0, 0.05) is 32.0 Å². The monoisotopic (exact) mass is 614 g/mol. The maximum atomic E-state index is 13.2. The first-order chi connectivity index (χ1) is 20.9. The van der Waals surface area contributed by atoms with Crippen molar-refractivity contribution in [1.29, 1.82) is 0 Å². The maximum absolute atomic E-state index is 13.2. The average Bonchev–Trinajstić information content (AvgIpc) is 3.58. The van der Waals surface area contributed by atoms with E-state index in [9.17, 15) is 20.1 Å². The fourth-order valence-electron chi connectivity index (χ4n) is 6.86. The molecule has 10 atom stereocenters. The van der Waals surface area contributed by atoms with Crippen molar-refractivity contribution in [2.24, 2.45) is 30.7 Å². The van der Waals surface area contributed by atoms with Gasteiger partial charge in [0.15, 0.2) is 6.29 Å². The predicted octanol–water partition coefficient (Wildman–Crippen LogP) is 2.67. The lowest BCUT2D eigenvalue weighted by atomic mass is 9.65. The third-order valence-electron chi connectivity index (χ3n) is 9.60. The quantitative estimate of drug-likeness (QED) is 0.227. The minimum atomic E-state index is -1.43. The van der Waals surface area contributed by atoms with E-state index in [0.717, 1.165) is 6.42 Å². The topological polar surface area (TPSA) is 142 Å². The van der Waals surface area contributed by atoms with E-state index < -0.39 is 48.1 Å². The maximum Gasteiger partial charge on any atom is 0.331 e. The van der Waals surface area contributed by atoms with Crippen molar-refractivity contribution in [3.8, 4) is 0 Å². The second kappa shape index (κ2) is 13.0. The van der Waals surface area contributed by atoms with Gasteiger partial charge in [-0.05, 0) is 68.6 Å². The standard InChI is InChI=1S/C33H46N2O9/c1-19(2)23-9-7-20(3)24-14-27(43-28(37)10-8-22-15-35(5)18-34-22)32(4)11-12-33(40-6,44-32)21(13-25(23)24)16-41-31-30(39)29(38)26(36)17-42-31/h7-8,10-13,15,18-19,23-27,29-31,36,38-39H,9,14,16-17H2,1-6H3/b10-8+,21-13-/t23-,24+,25-,26?,27+,29?,30?,31?,32+,33-/m1/s1. The Morgan fingerprint density at radius 3 is 2.70 bits per heavy atom. The van der Waals surface area contributed by atoms with E-state index in [4.69, 9.17) is 23.7 Å². The van der Waals surface area contributed by atoms with Crippen molar-refractivity contribution in [1.82, 2.24) is 9.55 Å². The molecule has 3 N–H and O–H groups in total. The fourth-order valence-corrected chi connectivity index (χ4v) is 6.86. The van der Waals surface area contributed by atoms with Gasteiger partial charge in [0.05, 0.1) is 25.2 Å². The minimum Gasteiger partial charge on any atom is -0.456 e. The molecule has 1 fully saturated rings. The molecule has 0 amide bonds. The molecule has 2 bridgehead atoms. The predicted molar refractivity (Wildman–Crippen MR) is 161 cm³/mol. The number of aromatic nitrogens is 2. The molecule has 4 heterocycles. The molecule has 0 spiro atoms. The molecule has 0 radical (unpaired) electrons. The number of allylic oxidation sites excluding steroid dienone is 3. The van der Waals surface area contributed by atoms with Crippen LogP contribution in [0.5, 0.6) is 0 Å². The number of imidazole rings is 1. The van der Waals surface area contributed by atoms with Crippen LogP contribution in [0.25, 0.3) is 6.08 Å². The van der Waals surface area contributed by atoms with Gasteiger partial charge in [-0.1, -0.05) is 31.6 Å². The largest absolute Gasteiger partial charge is 0.456 e. The lowest BCUT2D eigenvalue weighted by Crippen LogP contribution is -2.54. The summed E-state index contributed by atoms with van der Waals surface area (Å²) in [6.07, 6.45) is 10.2. The summed E-state index contributed by atoms with van der Waals surface area (Å²) in [5.74, 6) is -1.11. The van der Waals surface area contributed by atoms with Gasteiger partial charge in [-0.25, -0.2) is 9.78 Å². The van der Waals surface area contributed by atoms with Gasteiger partial charge in [-0.3, -0.25) is 0 Å². The molecule has 1 aliphatic carbocycles. The molecule has 1 saturated heterocycles. The normalized spacial score (nSPS) is 40.1. The van der Waals surface area contributed by atoms with Crippen LogP contribution in [0.4, 0.5) is 0 Å². The van der Waals surface area contributed by atoms with Gasteiger partial charge < -0.3 is 43.6 Å². The van der Waals surface area contributed by atoms with E-state index in [1.807, 2.05) is 32.3 Å². The highest BCUT2D eigenvalue weighted by Gasteiger charge is 2.53. The number of hydrogen-bond acceptors (Lipinski definition) is 10. The third kappa shape index (κ3) is 6.50. The summed E-state index contributed by atoms with van der Waals surface area (Å²) in [5, 5.41) is 30.6. The Balaban J connectivity index is 1.48. The highest BCUT2D eigenvalue weighted by molar-refractivity contribution is 5.86. The molecule has 11 heteroatoms. The van der Waals surface area contributed by atoms with E-state index in [2.05, 4.69) is 37.9 Å². The minimum absolute atomic E-state index is 0.0349. The SMILES string of the molecule is CO[C@]12C=C[C@](C)(O1)[C@@H](OC(=O)/C=C/c1cn(C)cn1)C[C@H]1C(C)=CC[C@H](C(C)C)[C@H]1/C=C\2COC1OCC(O)C(O)C1O. The Bertz CT molecular complexity index is 1320. The summed E-state index contributed by atoms with van der Waals surface area (Å²) in [6, 6.07) is 0. The van der Waals surface area contributed by atoms with Crippen molar-refractivity contribution < 1.29 is 43.8 Å². The molecule has 5 rings (SSSR count). The molecular formula is C33H46N2O9. The summed E-state index contributed by atoms with van der Waals surface area (Å²) in [7, 11) is 3.41. The van der Waals surface area contributed by atoms with Gasteiger partial charge in [0.1, 0.15) is 30.0 Å². The van der Waals surface area contributed by atoms with Crippen LogP contribution >= 0.6 is 0 Å². The molecule has 242 valence electrons. The number of hydrogen-bond donors (Lipinski definition) is 3. The highest BCUT2D eigenvalue weighted by Crippen LogP contribution is 2.49. The summed E-state index contributed by atoms with van der Waals surface area (Å²) in [4.78, 5) is 17.4. The molecule has 0 aromatic carbocycles. The van der Waals surface area contributed by atoms with Gasteiger partial charge in [-0.15, -0.1) is 0 Å². The zero-order valence-corrected chi connectivity index (χ0v) is 26.3. The second-order valence-electron chi connectivity index (χ2n) is 13.0. The van der Waals surface area contributed by atoms with Crippen LogP contribution in [-0.2, 0) is 35.5 Å². The highest BCUT2D eigenvalue weighted by atomic mass is 16.7. The number of rotatable bonds is 8. The average molecular weight is 615 g/mol. The van der Waals surface area contributed by atoms with Crippen molar-refractivity contribution in [2.75, 3.05) is 20.3 Å². The van der Waals surface area contributed by atoms with Crippen LogP contribution < -0.4 is 0 Å². The molecule has 3 aliphatic heterocycles. The zero-order valence-electron chi connectivity index (χ0n) is 26.3. The molecular weight excluding hydrogens is 568 g/mol. The van der Waals surface area contributed by atoms with Crippen molar-refractivity contribution in [3.05, 3.63) is 59.7 Å². The Labute approximate surface area is 258 Å². The van der Waals surface area contributed by atoms with Crippen LogP contribution in [0.1, 0.15) is 46.2 Å². The molecule has 44 heavy (non-hydrogen) atoms. The molecule has 1 aromatic rings. The number of carbonyl (C=O) groups is 1. The second-order valence-corrected chi connectivity index (χ2v) is 13.0. The van der Waals surface area contributed by atoms with Crippen LogP contribution in [0, 0.1) is 23.7 Å². The van der Waals surface area contributed by atoms with Crippen molar-refractivity contribution in [2.45, 2.75) is 82.6 Å². The first kappa shape index (κ1) is 32.7. The molecule has 4 aliphatic rings. The molecule has 1 aromatic heterocycles. The van der Waals surface area contributed by atoms with E-state index in [1.54, 1.807) is 24.1 Å². The number of nitrogens with zero attached hydrogens (tertiary/aromatic N) is 2. The van der Waals surface area contributed by atoms with E-state index in [-0.39, 0.29) is 31.0 Å². The lowest BCUT2D eigenvalue weighted by Gasteiger charge is -2.41. The first-order valence-corrected chi connectivity index (χ1v) is 15.3. The number of fused-ring (bicyclic) bond motifs is 3. The molecule has 0 saturated carbocycles. The van der Waals surface area contributed by atoms with Crippen molar-refractivity contribution in [3.63, 3.8) is 0 Å². The number of aryl methyl sites for hydroxylation is 1. The summed E-state index contributed by atoms with van der Waals surface area (Å²) in [6.45, 7) is 8.23. The lowest BCUT2D eigenvalue weighted by molar-refractivity contribution is -0.272. The number of methoxy groups -OCH3 is 1. The molecule has 4 unspecified atom stereocenters. The summed E-state index contributed by atoms with van der Waals surface area (Å²) < 4.78 is 32.4. The van der Waals surface area contributed by atoms with Crippen LogP contribution in [0.15, 0.2) is 54.1 Å². The number of carbonyl (C=O) groups excluding carboxylic acids is 1. The van der Waals surface area contributed by atoms with E-state index >= 15 is 0 Å². The van der Waals surface area contributed by atoms with Gasteiger partial charge in [0.2, 0.25) is 5.79 Å². The number of aliphatic hydroxyl groups is 3. The van der Waals surface area contributed by atoms with Gasteiger partial charge in [0.25, 0.3) is 0 Å². The Morgan fingerprint density at radius 1 is 1.25 bits per heavy atom. The Kier molecular flexibility index (Phi) is 9.67. The van der Waals surface area contributed by atoms with E-state index in [0.29, 0.717) is 23.6 Å². The number of aliphatic hydroxyl groups excluding tert-OH is 3. The smallest absolute Gasteiger partial charge is 0.331 e. The van der Waals surface area contributed by atoms with Crippen molar-refractivity contribution >= 4 is 12.0 Å². The van der Waals surface area contributed by atoms with Crippen LogP contribution in [-0.4, -0.2) is 93.3 Å². The van der Waals surface area contributed by atoms with Gasteiger partial charge >= 0.3 is 5.97 Å².